The standard InChI is InChI=1S/C18H21N3O4/c1-5-11-13(6-2)20-21-17(23)15(11)16(22)19-14-8-12(18(24)25)9(3)7-10(14)4/h7-8H,5-6H2,1-4H3,(H,19,22)(H,21,23)(H,24,25). The van der Waals surface area contributed by atoms with E-state index in [0.717, 1.165) is 5.56 Å². The average Bonchev–Trinajstić information content (AvgIpc) is 2.56. The van der Waals surface area contributed by atoms with Crippen molar-refractivity contribution in [3.05, 3.63) is 56.0 Å². The Kier molecular flexibility index (Phi) is 5.36. The van der Waals surface area contributed by atoms with Gasteiger partial charge in [-0.15, -0.1) is 0 Å². The molecule has 0 saturated carbocycles. The van der Waals surface area contributed by atoms with Crippen LogP contribution in [0.3, 0.4) is 0 Å². The number of carbonyl (C=O) groups is 2. The van der Waals surface area contributed by atoms with Crippen LogP contribution in [0.1, 0.15) is 56.9 Å². The minimum absolute atomic E-state index is 0.0196. The van der Waals surface area contributed by atoms with Crippen LogP contribution in [-0.2, 0) is 12.8 Å². The summed E-state index contributed by atoms with van der Waals surface area (Å²) < 4.78 is 0. The zero-order valence-corrected chi connectivity index (χ0v) is 14.7. The van der Waals surface area contributed by atoms with Gasteiger partial charge in [-0.3, -0.25) is 9.59 Å². The van der Waals surface area contributed by atoms with Gasteiger partial charge in [-0.25, -0.2) is 9.89 Å². The van der Waals surface area contributed by atoms with Crippen molar-refractivity contribution in [2.24, 2.45) is 0 Å². The van der Waals surface area contributed by atoms with Gasteiger partial charge < -0.3 is 10.4 Å². The van der Waals surface area contributed by atoms with E-state index in [1.54, 1.807) is 19.9 Å². The quantitative estimate of drug-likeness (QED) is 0.772. The third-order valence-corrected chi connectivity index (χ3v) is 4.14. The number of rotatable bonds is 5. The number of aryl methyl sites for hydroxylation is 3. The highest BCUT2D eigenvalue weighted by Gasteiger charge is 2.20. The van der Waals surface area contributed by atoms with Crippen LogP contribution >= 0.6 is 0 Å². The Morgan fingerprint density at radius 1 is 1.16 bits per heavy atom. The first-order chi connectivity index (χ1) is 11.8. The molecule has 0 spiro atoms. The molecular weight excluding hydrogens is 322 g/mol. The number of benzene rings is 1. The molecule has 0 bridgehead atoms. The lowest BCUT2D eigenvalue weighted by Gasteiger charge is -2.14. The number of H-pyrrole nitrogens is 1. The van der Waals surface area contributed by atoms with Gasteiger partial charge in [-0.2, -0.15) is 5.10 Å². The van der Waals surface area contributed by atoms with E-state index in [9.17, 15) is 19.5 Å². The van der Waals surface area contributed by atoms with Crippen LogP contribution in [0.25, 0.3) is 0 Å². The van der Waals surface area contributed by atoms with Crippen LogP contribution in [0.5, 0.6) is 0 Å². The van der Waals surface area contributed by atoms with E-state index in [1.165, 1.54) is 6.07 Å². The van der Waals surface area contributed by atoms with Crippen LogP contribution in [0.4, 0.5) is 5.69 Å². The summed E-state index contributed by atoms with van der Waals surface area (Å²) >= 11 is 0. The smallest absolute Gasteiger partial charge is 0.336 e. The minimum atomic E-state index is -1.07. The second-order valence-electron chi connectivity index (χ2n) is 5.80. The number of carbonyl (C=O) groups excluding carboxylic acids is 1. The molecule has 132 valence electrons. The number of aromatic carboxylic acids is 1. The van der Waals surface area contributed by atoms with E-state index in [2.05, 4.69) is 15.5 Å². The van der Waals surface area contributed by atoms with Crippen molar-refractivity contribution in [1.82, 2.24) is 10.2 Å². The monoisotopic (exact) mass is 343 g/mol. The van der Waals surface area contributed by atoms with Gasteiger partial charge in [0, 0.05) is 5.69 Å². The van der Waals surface area contributed by atoms with Crippen molar-refractivity contribution < 1.29 is 14.7 Å². The summed E-state index contributed by atoms with van der Waals surface area (Å²) in [4.78, 5) is 36.1. The van der Waals surface area contributed by atoms with Crippen molar-refractivity contribution in [1.29, 1.82) is 0 Å². The molecule has 3 N–H and O–H groups in total. The number of nitrogens with one attached hydrogen (secondary N) is 2. The lowest BCUT2D eigenvalue weighted by molar-refractivity contribution is 0.0695. The van der Waals surface area contributed by atoms with Crippen LogP contribution < -0.4 is 10.9 Å². The minimum Gasteiger partial charge on any atom is -0.478 e. The summed E-state index contributed by atoms with van der Waals surface area (Å²) in [6.07, 6.45) is 1.09. The maximum Gasteiger partial charge on any atom is 0.336 e. The largest absolute Gasteiger partial charge is 0.478 e. The van der Waals surface area contributed by atoms with Gasteiger partial charge in [0.05, 0.1) is 11.3 Å². The zero-order valence-electron chi connectivity index (χ0n) is 14.7. The summed E-state index contributed by atoms with van der Waals surface area (Å²) in [5, 5.41) is 18.3. The molecule has 0 aliphatic rings. The molecule has 0 unspecified atom stereocenters. The Hall–Kier alpha value is -2.96. The SMILES string of the molecule is CCc1n[nH]c(=O)c(C(=O)Nc2cc(C(=O)O)c(C)cc2C)c1CC. The van der Waals surface area contributed by atoms with Gasteiger partial charge in [-0.1, -0.05) is 19.9 Å². The van der Waals surface area contributed by atoms with E-state index in [0.29, 0.717) is 35.3 Å². The summed E-state index contributed by atoms with van der Waals surface area (Å²) in [7, 11) is 0. The van der Waals surface area contributed by atoms with Gasteiger partial charge in [0.2, 0.25) is 0 Å². The van der Waals surface area contributed by atoms with E-state index in [1.807, 2.05) is 13.8 Å². The number of anilines is 1. The van der Waals surface area contributed by atoms with Gasteiger partial charge >= 0.3 is 5.97 Å². The number of aromatic nitrogens is 2. The molecule has 7 nitrogen and oxygen atoms in total. The maximum atomic E-state index is 12.7. The topological polar surface area (TPSA) is 112 Å². The number of amides is 1. The first kappa shape index (κ1) is 18.4. The lowest BCUT2D eigenvalue weighted by Crippen LogP contribution is -2.28. The molecule has 2 rings (SSSR count). The van der Waals surface area contributed by atoms with Gasteiger partial charge in [0.15, 0.2) is 0 Å². The van der Waals surface area contributed by atoms with Crippen molar-refractivity contribution in [2.45, 2.75) is 40.5 Å². The normalized spacial score (nSPS) is 10.6. The molecule has 0 aliphatic carbocycles. The molecule has 25 heavy (non-hydrogen) atoms. The predicted molar refractivity (Wildman–Crippen MR) is 94.4 cm³/mol. The van der Waals surface area contributed by atoms with Crippen molar-refractivity contribution in [3.8, 4) is 0 Å². The van der Waals surface area contributed by atoms with Gasteiger partial charge in [0.1, 0.15) is 5.56 Å². The summed E-state index contributed by atoms with van der Waals surface area (Å²) in [6, 6.07) is 3.10. The fraction of sp³-hybridized carbons (Fsp3) is 0.333. The molecule has 0 radical (unpaired) electrons. The predicted octanol–water partition coefficient (Wildman–Crippen LogP) is 2.46. The number of aromatic amines is 1. The Morgan fingerprint density at radius 2 is 1.84 bits per heavy atom. The van der Waals surface area contributed by atoms with E-state index in [4.69, 9.17) is 0 Å². The van der Waals surface area contributed by atoms with E-state index < -0.39 is 17.4 Å². The summed E-state index contributed by atoms with van der Waals surface area (Å²) in [5.41, 5.74) is 2.52. The molecule has 7 heteroatoms. The molecule has 0 aliphatic heterocycles. The van der Waals surface area contributed by atoms with E-state index >= 15 is 0 Å². The first-order valence-corrected chi connectivity index (χ1v) is 8.06. The highest BCUT2D eigenvalue weighted by molar-refractivity contribution is 6.06. The fourth-order valence-electron chi connectivity index (χ4n) is 2.84. The molecular formula is C18H21N3O4. The van der Waals surface area contributed by atoms with Crippen LogP contribution in [-0.4, -0.2) is 27.2 Å². The van der Waals surface area contributed by atoms with Crippen molar-refractivity contribution >= 4 is 17.6 Å². The van der Waals surface area contributed by atoms with Crippen molar-refractivity contribution in [3.63, 3.8) is 0 Å². The Labute approximate surface area is 145 Å². The van der Waals surface area contributed by atoms with Gasteiger partial charge in [0.25, 0.3) is 11.5 Å². The molecule has 1 heterocycles. The Morgan fingerprint density at radius 3 is 2.40 bits per heavy atom. The molecule has 1 aromatic heterocycles. The average molecular weight is 343 g/mol. The van der Waals surface area contributed by atoms with E-state index in [-0.39, 0.29) is 11.1 Å². The Bertz CT molecular complexity index is 900. The number of nitrogens with zero attached hydrogens (tertiary/aromatic N) is 1. The molecule has 0 fully saturated rings. The highest BCUT2D eigenvalue weighted by atomic mass is 16.4. The molecule has 0 atom stereocenters. The molecule has 2 aromatic rings. The van der Waals surface area contributed by atoms with Crippen LogP contribution in [0.2, 0.25) is 0 Å². The van der Waals surface area contributed by atoms with Crippen molar-refractivity contribution in [2.75, 3.05) is 5.32 Å². The molecule has 1 amide bonds. The molecule has 0 saturated heterocycles. The maximum absolute atomic E-state index is 12.7. The lowest BCUT2D eigenvalue weighted by atomic mass is 10.0. The zero-order chi connectivity index (χ0) is 18.7. The molecule has 1 aromatic carbocycles. The second kappa shape index (κ2) is 7.29. The van der Waals surface area contributed by atoms with Gasteiger partial charge in [-0.05, 0) is 49.4 Å². The highest BCUT2D eigenvalue weighted by Crippen LogP contribution is 2.22. The van der Waals surface area contributed by atoms with Crippen LogP contribution in [0.15, 0.2) is 16.9 Å². The third-order valence-electron chi connectivity index (χ3n) is 4.14. The fourth-order valence-corrected chi connectivity index (χ4v) is 2.84. The number of hydrogen-bond donors (Lipinski definition) is 3. The third kappa shape index (κ3) is 3.60. The Balaban J connectivity index is 2.50. The summed E-state index contributed by atoms with van der Waals surface area (Å²) in [6.45, 7) is 7.21. The second-order valence-corrected chi connectivity index (χ2v) is 5.80. The number of carboxylic acids is 1. The number of carboxylic acid groups (broad SMARTS) is 1. The van der Waals surface area contributed by atoms with Crippen LogP contribution in [0, 0.1) is 13.8 Å². The first-order valence-electron chi connectivity index (χ1n) is 8.06. The summed E-state index contributed by atoms with van der Waals surface area (Å²) in [5.74, 6) is -1.64. The number of hydrogen-bond acceptors (Lipinski definition) is 4.